The van der Waals surface area contributed by atoms with E-state index in [1.165, 1.54) is 6.42 Å². The van der Waals surface area contributed by atoms with Crippen LogP contribution in [0.5, 0.6) is 0 Å². The monoisotopic (exact) mass is 254 g/mol. The van der Waals surface area contributed by atoms with Crippen LogP contribution in [0.3, 0.4) is 0 Å². The predicted molar refractivity (Wildman–Crippen MR) is 71.0 cm³/mol. The van der Waals surface area contributed by atoms with Crippen molar-refractivity contribution >= 4 is 5.91 Å². The molecule has 1 atom stereocenters. The Morgan fingerprint density at radius 1 is 1.33 bits per heavy atom. The molecule has 4 nitrogen and oxygen atoms in total. The summed E-state index contributed by atoms with van der Waals surface area (Å²) in [5.74, 6) is 0.707. The van der Waals surface area contributed by atoms with Crippen molar-refractivity contribution in [3.8, 4) is 0 Å². The molecule has 2 aliphatic rings. The number of aliphatic hydroxyl groups excluding tert-OH is 1. The van der Waals surface area contributed by atoms with Gasteiger partial charge >= 0.3 is 0 Å². The van der Waals surface area contributed by atoms with Crippen LogP contribution in [0, 0.1) is 5.92 Å². The maximum Gasteiger partial charge on any atom is 0.224 e. The number of nitrogens with zero attached hydrogens (tertiary/aromatic N) is 1. The average molecular weight is 254 g/mol. The van der Waals surface area contributed by atoms with Gasteiger partial charge in [-0.1, -0.05) is 19.3 Å². The lowest BCUT2D eigenvalue weighted by Gasteiger charge is -2.34. The summed E-state index contributed by atoms with van der Waals surface area (Å²) in [7, 11) is 0. The molecule has 1 saturated carbocycles. The van der Waals surface area contributed by atoms with Gasteiger partial charge in [0.25, 0.3) is 0 Å². The molecule has 18 heavy (non-hydrogen) atoms. The molecule has 2 fully saturated rings. The van der Waals surface area contributed by atoms with Gasteiger partial charge in [-0.05, 0) is 31.6 Å². The van der Waals surface area contributed by atoms with Crippen LogP contribution in [0.1, 0.15) is 51.4 Å². The van der Waals surface area contributed by atoms with Gasteiger partial charge in [0.2, 0.25) is 5.91 Å². The zero-order chi connectivity index (χ0) is 13.0. The standard InChI is InChI=1S/C14H26N2O2/c15-14(6-2-1-3-7-14)10-13(18)16-8-4-12(11-16)5-9-17/h12,17H,1-11,15H2. The number of hydrogen-bond acceptors (Lipinski definition) is 3. The molecule has 1 aliphatic heterocycles. The van der Waals surface area contributed by atoms with Crippen molar-refractivity contribution in [1.82, 2.24) is 4.90 Å². The van der Waals surface area contributed by atoms with E-state index in [0.717, 1.165) is 51.6 Å². The SMILES string of the molecule is NC1(CC(=O)N2CCC(CCO)C2)CCCCC1. The first-order valence-corrected chi connectivity index (χ1v) is 7.30. The molecule has 0 bridgehead atoms. The summed E-state index contributed by atoms with van der Waals surface area (Å²) in [6.07, 6.45) is 7.93. The summed E-state index contributed by atoms with van der Waals surface area (Å²) in [6, 6.07) is 0. The minimum absolute atomic E-state index is 0.222. The van der Waals surface area contributed by atoms with Crippen molar-refractivity contribution in [2.24, 2.45) is 11.7 Å². The van der Waals surface area contributed by atoms with Gasteiger partial charge in [-0.2, -0.15) is 0 Å². The molecule has 1 saturated heterocycles. The summed E-state index contributed by atoms with van der Waals surface area (Å²) in [5, 5.41) is 8.93. The van der Waals surface area contributed by atoms with Crippen LogP contribution in [0.4, 0.5) is 0 Å². The van der Waals surface area contributed by atoms with E-state index in [1.54, 1.807) is 0 Å². The van der Waals surface area contributed by atoms with Gasteiger partial charge in [-0.15, -0.1) is 0 Å². The van der Waals surface area contributed by atoms with E-state index in [4.69, 9.17) is 10.8 Å². The van der Waals surface area contributed by atoms with Crippen LogP contribution in [0.2, 0.25) is 0 Å². The van der Waals surface area contributed by atoms with Crippen LogP contribution in [-0.2, 0) is 4.79 Å². The molecular formula is C14H26N2O2. The van der Waals surface area contributed by atoms with Gasteiger partial charge in [-0.25, -0.2) is 0 Å². The summed E-state index contributed by atoms with van der Waals surface area (Å²) >= 11 is 0. The second-order valence-corrected chi connectivity index (χ2v) is 6.11. The fourth-order valence-electron chi connectivity index (χ4n) is 3.32. The van der Waals surface area contributed by atoms with E-state index in [-0.39, 0.29) is 18.1 Å². The third-order valence-electron chi connectivity index (χ3n) is 4.53. The Labute approximate surface area is 110 Å². The van der Waals surface area contributed by atoms with Crippen molar-refractivity contribution in [3.05, 3.63) is 0 Å². The van der Waals surface area contributed by atoms with Crippen LogP contribution in [-0.4, -0.2) is 41.1 Å². The van der Waals surface area contributed by atoms with Crippen LogP contribution < -0.4 is 5.73 Å². The highest BCUT2D eigenvalue weighted by Crippen LogP contribution is 2.30. The maximum absolute atomic E-state index is 12.3. The summed E-state index contributed by atoms with van der Waals surface area (Å²) in [6.45, 7) is 1.89. The topological polar surface area (TPSA) is 66.6 Å². The molecular weight excluding hydrogens is 228 g/mol. The number of aliphatic hydroxyl groups is 1. The number of amides is 1. The third-order valence-corrected chi connectivity index (χ3v) is 4.53. The molecule has 1 unspecified atom stereocenters. The van der Waals surface area contributed by atoms with E-state index in [1.807, 2.05) is 4.90 Å². The molecule has 1 heterocycles. The quantitative estimate of drug-likeness (QED) is 0.794. The zero-order valence-electron chi connectivity index (χ0n) is 11.2. The summed E-state index contributed by atoms with van der Waals surface area (Å²) in [5.41, 5.74) is 6.09. The number of hydrogen-bond donors (Lipinski definition) is 2. The number of likely N-dealkylation sites (tertiary alicyclic amines) is 1. The van der Waals surface area contributed by atoms with E-state index < -0.39 is 0 Å². The normalized spacial score (nSPS) is 27.4. The molecule has 1 aliphatic carbocycles. The second-order valence-electron chi connectivity index (χ2n) is 6.11. The highest BCUT2D eigenvalue weighted by Gasteiger charge is 2.33. The van der Waals surface area contributed by atoms with E-state index in [9.17, 15) is 4.79 Å². The molecule has 0 radical (unpaired) electrons. The Morgan fingerprint density at radius 2 is 2.06 bits per heavy atom. The molecule has 0 aromatic rings. The minimum atomic E-state index is -0.246. The van der Waals surface area contributed by atoms with Crippen molar-refractivity contribution < 1.29 is 9.90 Å². The van der Waals surface area contributed by atoms with Crippen molar-refractivity contribution in [3.63, 3.8) is 0 Å². The summed E-state index contributed by atoms with van der Waals surface area (Å²) in [4.78, 5) is 14.2. The Morgan fingerprint density at radius 3 is 2.72 bits per heavy atom. The molecule has 3 N–H and O–H groups in total. The lowest BCUT2D eigenvalue weighted by atomic mass is 9.80. The number of carbonyl (C=O) groups excluding carboxylic acids is 1. The first-order valence-electron chi connectivity index (χ1n) is 7.30. The number of nitrogens with two attached hydrogens (primary N) is 1. The Hall–Kier alpha value is -0.610. The molecule has 104 valence electrons. The summed E-state index contributed by atoms with van der Waals surface area (Å²) < 4.78 is 0. The minimum Gasteiger partial charge on any atom is -0.396 e. The fraction of sp³-hybridized carbons (Fsp3) is 0.929. The van der Waals surface area contributed by atoms with Gasteiger partial charge in [0, 0.05) is 31.7 Å². The van der Waals surface area contributed by atoms with Crippen molar-refractivity contribution in [1.29, 1.82) is 0 Å². The Bertz CT molecular complexity index is 288. The van der Waals surface area contributed by atoms with Crippen molar-refractivity contribution in [2.75, 3.05) is 19.7 Å². The largest absolute Gasteiger partial charge is 0.396 e. The first kappa shape index (κ1) is 13.8. The Kier molecular flexibility index (Phi) is 4.62. The lowest BCUT2D eigenvalue weighted by molar-refractivity contribution is -0.131. The van der Waals surface area contributed by atoms with Gasteiger partial charge in [-0.3, -0.25) is 4.79 Å². The van der Waals surface area contributed by atoms with E-state index >= 15 is 0 Å². The Balaban J connectivity index is 1.81. The van der Waals surface area contributed by atoms with E-state index in [2.05, 4.69) is 0 Å². The van der Waals surface area contributed by atoms with Crippen LogP contribution in [0.25, 0.3) is 0 Å². The van der Waals surface area contributed by atoms with Gasteiger partial charge in [0.05, 0.1) is 0 Å². The molecule has 2 rings (SSSR count). The number of rotatable bonds is 4. The molecule has 0 spiro atoms. The lowest BCUT2D eigenvalue weighted by Crippen LogP contribution is -2.46. The van der Waals surface area contributed by atoms with Crippen molar-refractivity contribution in [2.45, 2.75) is 56.9 Å². The second kappa shape index (κ2) is 6.02. The van der Waals surface area contributed by atoms with Crippen LogP contribution in [0.15, 0.2) is 0 Å². The zero-order valence-corrected chi connectivity index (χ0v) is 11.2. The average Bonchev–Trinajstić information content (AvgIpc) is 2.78. The molecule has 1 amide bonds. The smallest absolute Gasteiger partial charge is 0.224 e. The first-order chi connectivity index (χ1) is 8.63. The van der Waals surface area contributed by atoms with Crippen LogP contribution >= 0.6 is 0 Å². The number of carbonyl (C=O) groups is 1. The predicted octanol–water partition coefficient (Wildman–Crippen LogP) is 1.27. The highest BCUT2D eigenvalue weighted by molar-refractivity contribution is 5.77. The fourth-order valence-corrected chi connectivity index (χ4v) is 3.32. The third kappa shape index (κ3) is 3.45. The molecule has 0 aromatic carbocycles. The van der Waals surface area contributed by atoms with Gasteiger partial charge < -0.3 is 15.7 Å². The maximum atomic E-state index is 12.3. The van der Waals surface area contributed by atoms with E-state index in [0.29, 0.717) is 12.3 Å². The molecule has 0 aromatic heterocycles. The van der Waals surface area contributed by atoms with Gasteiger partial charge in [0.1, 0.15) is 0 Å². The highest BCUT2D eigenvalue weighted by atomic mass is 16.3. The molecule has 4 heteroatoms. The van der Waals surface area contributed by atoms with Gasteiger partial charge in [0.15, 0.2) is 0 Å².